The molecule has 0 amide bonds. The smallest absolute Gasteiger partial charge is 0.355 e. The van der Waals surface area contributed by atoms with E-state index in [-0.39, 0.29) is 11.9 Å². The number of hydrogen-bond donors (Lipinski definition) is 2. The first-order valence-corrected chi connectivity index (χ1v) is 9.89. The Morgan fingerprint density at radius 1 is 1.00 bits per heavy atom. The second kappa shape index (κ2) is 8.33. The fourth-order valence-electron chi connectivity index (χ4n) is 3.91. The number of anilines is 1. The van der Waals surface area contributed by atoms with Crippen LogP contribution in [-0.4, -0.2) is 24.7 Å². The quantitative estimate of drug-likeness (QED) is 0.348. The van der Waals surface area contributed by atoms with E-state index in [9.17, 15) is 4.79 Å². The van der Waals surface area contributed by atoms with Crippen LogP contribution < -0.4 is 10.5 Å². The van der Waals surface area contributed by atoms with E-state index in [0.717, 1.165) is 33.3 Å². The fraction of sp³-hybridized carbons (Fsp3) is 0.160. The molecule has 0 radical (unpaired) electrons. The van der Waals surface area contributed by atoms with Gasteiger partial charge < -0.3 is 20.2 Å². The first-order chi connectivity index (χ1) is 14.6. The standard InChI is InChI=1S/C25H24N2O3/c1-3-30-25(28)24-23(20-12-4-5-13-21(20)27-24)22(16-8-6-10-18(26)14-16)17-9-7-11-19(15-17)29-2/h4-15,22,27H,3,26H2,1-2H3. The summed E-state index contributed by atoms with van der Waals surface area (Å²) in [6.45, 7) is 2.10. The Morgan fingerprint density at radius 2 is 1.73 bits per heavy atom. The lowest BCUT2D eigenvalue weighted by Crippen LogP contribution is -2.12. The van der Waals surface area contributed by atoms with Gasteiger partial charge in [-0.15, -0.1) is 0 Å². The lowest BCUT2D eigenvalue weighted by Gasteiger charge is -2.21. The van der Waals surface area contributed by atoms with Gasteiger partial charge in [-0.2, -0.15) is 0 Å². The minimum absolute atomic E-state index is 0.237. The molecule has 1 aromatic heterocycles. The van der Waals surface area contributed by atoms with Gasteiger partial charge in [0.15, 0.2) is 0 Å². The number of nitrogen functional groups attached to an aromatic ring is 1. The molecule has 3 N–H and O–H groups in total. The van der Waals surface area contributed by atoms with Crippen LogP contribution in [0.4, 0.5) is 5.69 Å². The second-order valence-corrected chi connectivity index (χ2v) is 7.06. The zero-order valence-corrected chi connectivity index (χ0v) is 17.0. The Kier molecular flexibility index (Phi) is 5.44. The van der Waals surface area contributed by atoms with Crippen molar-refractivity contribution in [1.82, 2.24) is 4.98 Å². The Bertz CT molecular complexity index is 1200. The van der Waals surface area contributed by atoms with Gasteiger partial charge in [0.25, 0.3) is 0 Å². The number of aromatic amines is 1. The molecule has 5 nitrogen and oxygen atoms in total. The minimum atomic E-state index is -0.375. The van der Waals surface area contributed by atoms with Crippen molar-refractivity contribution >= 4 is 22.6 Å². The zero-order valence-electron chi connectivity index (χ0n) is 17.0. The highest BCUT2D eigenvalue weighted by molar-refractivity contribution is 5.99. The lowest BCUT2D eigenvalue weighted by atomic mass is 9.83. The van der Waals surface area contributed by atoms with Crippen LogP contribution in [0.15, 0.2) is 72.8 Å². The molecule has 0 aliphatic rings. The molecule has 0 saturated carbocycles. The van der Waals surface area contributed by atoms with Crippen molar-refractivity contribution in [3.8, 4) is 5.75 Å². The summed E-state index contributed by atoms with van der Waals surface area (Å²) in [5, 5.41) is 0.968. The van der Waals surface area contributed by atoms with Gasteiger partial charge in [-0.25, -0.2) is 4.79 Å². The summed E-state index contributed by atoms with van der Waals surface area (Å²) in [4.78, 5) is 16.2. The van der Waals surface area contributed by atoms with Crippen molar-refractivity contribution in [1.29, 1.82) is 0 Å². The third-order valence-corrected chi connectivity index (χ3v) is 5.19. The number of fused-ring (bicyclic) bond motifs is 1. The molecule has 0 bridgehead atoms. The van der Waals surface area contributed by atoms with E-state index in [2.05, 4.69) is 4.98 Å². The molecule has 0 aliphatic heterocycles. The number of ether oxygens (including phenoxy) is 2. The highest BCUT2D eigenvalue weighted by atomic mass is 16.5. The summed E-state index contributed by atoms with van der Waals surface area (Å²) >= 11 is 0. The number of H-pyrrole nitrogens is 1. The summed E-state index contributed by atoms with van der Waals surface area (Å²) < 4.78 is 10.8. The molecule has 1 heterocycles. The Hall–Kier alpha value is -3.73. The number of benzene rings is 3. The van der Waals surface area contributed by atoms with E-state index in [1.807, 2.05) is 72.8 Å². The molecule has 4 aromatic rings. The van der Waals surface area contributed by atoms with Crippen LogP contribution in [0, 0.1) is 0 Å². The number of nitrogens with two attached hydrogens (primary N) is 1. The number of aromatic nitrogens is 1. The first kappa shape index (κ1) is 19.6. The van der Waals surface area contributed by atoms with Gasteiger partial charge in [0, 0.05) is 28.1 Å². The van der Waals surface area contributed by atoms with Gasteiger partial charge in [0.05, 0.1) is 13.7 Å². The molecule has 3 aromatic carbocycles. The summed E-state index contributed by atoms with van der Waals surface area (Å²) in [7, 11) is 1.64. The lowest BCUT2D eigenvalue weighted by molar-refractivity contribution is 0.0519. The molecule has 4 rings (SSSR count). The maximum atomic E-state index is 12.9. The number of esters is 1. The number of nitrogens with one attached hydrogen (secondary N) is 1. The van der Waals surface area contributed by atoms with Crippen molar-refractivity contribution in [2.24, 2.45) is 0 Å². The summed E-state index contributed by atoms with van der Waals surface area (Å²) in [6, 6.07) is 23.5. The van der Waals surface area contributed by atoms with Crippen LogP contribution in [0.5, 0.6) is 5.75 Å². The van der Waals surface area contributed by atoms with Crippen LogP contribution in [0.2, 0.25) is 0 Å². The van der Waals surface area contributed by atoms with E-state index in [0.29, 0.717) is 18.0 Å². The molecule has 0 aliphatic carbocycles. The molecule has 0 fully saturated rings. The fourth-order valence-corrected chi connectivity index (χ4v) is 3.91. The molecular formula is C25H24N2O3. The highest BCUT2D eigenvalue weighted by Crippen LogP contribution is 2.40. The maximum Gasteiger partial charge on any atom is 0.355 e. The van der Waals surface area contributed by atoms with Crippen LogP contribution in [0.3, 0.4) is 0 Å². The molecule has 152 valence electrons. The third-order valence-electron chi connectivity index (χ3n) is 5.19. The molecule has 0 spiro atoms. The largest absolute Gasteiger partial charge is 0.497 e. The van der Waals surface area contributed by atoms with E-state index in [1.165, 1.54) is 0 Å². The predicted molar refractivity (Wildman–Crippen MR) is 119 cm³/mol. The third kappa shape index (κ3) is 3.62. The van der Waals surface area contributed by atoms with Gasteiger partial charge in [-0.05, 0) is 48.4 Å². The van der Waals surface area contributed by atoms with Gasteiger partial charge in [0.1, 0.15) is 11.4 Å². The molecule has 0 saturated heterocycles. The topological polar surface area (TPSA) is 77.3 Å². The van der Waals surface area contributed by atoms with Crippen LogP contribution in [0.1, 0.15) is 40.0 Å². The van der Waals surface area contributed by atoms with E-state index in [1.54, 1.807) is 14.0 Å². The van der Waals surface area contributed by atoms with Crippen molar-refractivity contribution in [2.75, 3.05) is 19.5 Å². The number of para-hydroxylation sites is 1. The van der Waals surface area contributed by atoms with Crippen molar-refractivity contribution in [3.63, 3.8) is 0 Å². The maximum absolute atomic E-state index is 12.9. The van der Waals surface area contributed by atoms with Gasteiger partial charge >= 0.3 is 5.97 Å². The van der Waals surface area contributed by atoms with Gasteiger partial charge in [0.2, 0.25) is 0 Å². The van der Waals surface area contributed by atoms with E-state index in [4.69, 9.17) is 15.2 Å². The predicted octanol–water partition coefficient (Wildman–Crippen LogP) is 5.12. The van der Waals surface area contributed by atoms with Crippen LogP contribution in [-0.2, 0) is 4.74 Å². The number of carbonyl (C=O) groups excluding carboxylic acids is 1. The number of methoxy groups -OCH3 is 1. The Labute approximate surface area is 175 Å². The number of rotatable bonds is 6. The highest BCUT2D eigenvalue weighted by Gasteiger charge is 2.28. The molecule has 30 heavy (non-hydrogen) atoms. The molecule has 1 unspecified atom stereocenters. The van der Waals surface area contributed by atoms with Crippen LogP contribution in [0.25, 0.3) is 10.9 Å². The summed E-state index contributed by atoms with van der Waals surface area (Å²) in [5.74, 6) is 0.138. The summed E-state index contributed by atoms with van der Waals surface area (Å²) in [6.07, 6.45) is 0. The van der Waals surface area contributed by atoms with E-state index < -0.39 is 0 Å². The number of carbonyl (C=O) groups is 1. The first-order valence-electron chi connectivity index (χ1n) is 9.89. The minimum Gasteiger partial charge on any atom is -0.497 e. The average Bonchev–Trinajstić information content (AvgIpc) is 3.14. The normalized spacial score (nSPS) is 11.9. The zero-order chi connectivity index (χ0) is 21.1. The van der Waals surface area contributed by atoms with Crippen LogP contribution >= 0.6 is 0 Å². The van der Waals surface area contributed by atoms with Crippen molar-refractivity contribution < 1.29 is 14.3 Å². The second-order valence-electron chi connectivity index (χ2n) is 7.06. The van der Waals surface area contributed by atoms with Crippen molar-refractivity contribution in [2.45, 2.75) is 12.8 Å². The van der Waals surface area contributed by atoms with Gasteiger partial charge in [-0.3, -0.25) is 0 Å². The molecular weight excluding hydrogens is 376 g/mol. The summed E-state index contributed by atoms with van der Waals surface area (Å²) in [5.41, 5.74) is 11.0. The Balaban J connectivity index is 2.03. The average molecular weight is 400 g/mol. The van der Waals surface area contributed by atoms with Gasteiger partial charge in [-0.1, -0.05) is 42.5 Å². The SMILES string of the molecule is CCOC(=O)c1[nH]c2ccccc2c1C(c1cccc(N)c1)c1cccc(OC)c1. The number of hydrogen-bond acceptors (Lipinski definition) is 4. The monoisotopic (exact) mass is 400 g/mol. The Morgan fingerprint density at radius 3 is 2.47 bits per heavy atom. The van der Waals surface area contributed by atoms with E-state index >= 15 is 0 Å². The molecule has 1 atom stereocenters. The van der Waals surface area contributed by atoms with Crippen molar-refractivity contribution in [3.05, 3.63) is 95.2 Å². The molecule has 5 heteroatoms.